The van der Waals surface area contributed by atoms with Crippen LogP contribution in [0, 0.1) is 11.3 Å². The minimum Gasteiger partial charge on any atom is -0.228 e. The summed E-state index contributed by atoms with van der Waals surface area (Å²) in [5.41, 5.74) is 2.96. The summed E-state index contributed by atoms with van der Waals surface area (Å²) in [5, 5.41) is 7.38. The van der Waals surface area contributed by atoms with Crippen LogP contribution < -0.4 is 4.72 Å². The van der Waals surface area contributed by atoms with Gasteiger partial charge in [0.15, 0.2) is 9.84 Å². The van der Waals surface area contributed by atoms with Crippen molar-refractivity contribution in [3.63, 3.8) is 0 Å². The van der Waals surface area contributed by atoms with Gasteiger partial charge in [-0.15, -0.1) is 0 Å². The van der Waals surface area contributed by atoms with Gasteiger partial charge in [0.1, 0.15) is 5.25 Å². The quantitative estimate of drug-likeness (QED) is 0.781. The van der Waals surface area contributed by atoms with Gasteiger partial charge in [-0.2, -0.15) is 5.26 Å². The van der Waals surface area contributed by atoms with Crippen molar-refractivity contribution < 1.29 is 16.8 Å². The first-order chi connectivity index (χ1) is 13.6. The standard InChI is InChI=1S/C21H24N2O4S2/c1-15(2)29(26,27)23-20-4-3-13-28(24,25)21(20)19-11-9-18(10-12-19)17-7-5-16(14-22)6-8-17/h5-12,15,20-21,23H,3-4,13H2,1-2H3. The second-order valence-corrected chi connectivity index (χ2v) is 12.1. The van der Waals surface area contributed by atoms with E-state index in [2.05, 4.69) is 10.8 Å². The molecule has 0 saturated carbocycles. The SMILES string of the molecule is CC(C)S(=O)(=O)NC1CCCS(=O)(=O)C1c1ccc(-c2ccc(C#N)cc2)cc1. The van der Waals surface area contributed by atoms with Gasteiger partial charge in [-0.3, -0.25) is 0 Å². The molecule has 1 aliphatic heterocycles. The Labute approximate surface area is 172 Å². The van der Waals surface area contributed by atoms with Gasteiger partial charge >= 0.3 is 0 Å². The third kappa shape index (κ3) is 4.69. The highest BCUT2D eigenvalue weighted by Gasteiger charge is 2.40. The third-order valence-electron chi connectivity index (χ3n) is 5.22. The molecular formula is C21H24N2O4S2. The zero-order chi connectivity index (χ0) is 21.2. The Morgan fingerprint density at radius 1 is 1.03 bits per heavy atom. The van der Waals surface area contributed by atoms with E-state index in [1.165, 1.54) is 0 Å². The van der Waals surface area contributed by atoms with E-state index in [0.29, 0.717) is 24.0 Å². The van der Waals surface area contributed by atoms with Gasteiger partial charge in [-0.05, 0) is 55.5 Å². The first kappa shape index (κ1) is 21.5. The van der Waals surface area contributed by atoms with E-state index in [1.54, 1.807) is 38.1 Å². The molecule has 0 spiro atoms. The molecule has 6 nitrogen and oxygen atoms in total. The predicted molar refractivity (Wildman–Crippen MR) is 113 cm³/mol. The summed E-state index contributed by atoms with van der Waals surface area (Å²) in [4.78, 5) is 0. The summed E-state index contributed by atoms with van der Waals surface area (Å²) in [6, 6.07) is 15.7. The Morgan fingerprint density at radius 2 is 1.59 bits per heavy atom. The minimum absolute atomic E-state index is 0.0505. The molecule has 1 N–H and O–H groups in total. The van der Waals surface area contributed by atoms with Crippen LogP contribution in [0.5, 0.6) is 0 Å². The fraction of sp³-hybridized carbons (Fsp3) is 0.381. The van der Waals surface area contributed by atoms with Crippen LogP contribution >= 0.6 is 0 Å². The molecule has 3 rings (SSSR count). The number of nitriles is 1. The molecule has 0 radical (unpaired) electrons. The molecule has 8 heteroatoms. The minimum atomic E-state index is -3.59. The van der Waals surface area contributed by atoms with Crippen molar-refractivity contribution in [1.29, 1.82) is 5.26 Å². The predicted octanol–water partition coefficient (Wildman–Crippen LogP) is 3.17. The number of sulfonamides is 1. The van der Waals surface area contributed by atoms with E-state index in [1.807, 2.05) is 24.3 Å². The summed E-state index contributed by atoms with van der Waals surface area (Å²) in [5.74, 6) is 0.0505. The average Bonchev–Trinajstić information content (AvgIpc) is 2.67. The van der Waals surface area contributed by atoms with Gasteiger partial charge in [0.05, 0.1) is 22.6 Å². The van der Waals surface area contributed by atoms with Crippen molar-refractivity contribution in [3.8, 4) is 17.2 Å². The lowest BCUT2D eigenvalue weighted by Crippen LogP contribution is -2.47. The third-order valence-corrected chi connectivity index (χ3v) is 9.32. The molecule has 0 amide bonds. The number of hydrogen-bond donors (Lipinski definition) is 1. The smallest absolute Gasteiger partial charge is 0.214 e. The number of hydrogen-bond acceptors (Lipinski definition) is 5. The van der Waals surface area contributed by atoms with Crippen molar-refractivity contribution in [2.75, 3.05) is 5.75 Å². The molecule has 1 aliphatic rings. The van der Waals surface area contributed by atoms with E-state index in [-0.39, 0.29) is 5.75 Å². The fourth-order valence-corrected chi connectivity index (χ4v) is 6.68. The summed E-state index contributed by atoms with van der Waals surface area (Å²) < 4.78 is 52.9. The van der Waals surface area contributed by atoms with E-state index in [9.17, 15) is 16.8 Å². The number of benzene rings is 2. The van der Waals surface area contributed by atoms with Crippen LogP contribution in [0.4, 0.5) is 0 Å². The summed E-state index contributed by atoms with van der Waals surface area (Å²) >= 11 is 0. The van der Waals surface area contributed by atoms with E-state index in [4.69, 9.17) is 5.26 Å². The van der Waals surface area contributed by atoms with E-state index >= 15 is 0 Å². The van der Waals surface area contributed by atoms with Gasteiger partial charge in [0.2, 0.25) is 10.0 Å². The lowest BCUT2D eigenvalue weighted by atomic mass is 9.98. The summed E-state index contributed by atoms with van der Waals surface area (Å²) in [6.07, 6.45) is 0.917. The summed E-state index contributed by atoms with van der Waals surface area (Å²) in [7, 11) is -7.06. The van der Waals surface area contributed by atoms with Gasteiger partial charge in [0.25, 0.3) is 0 Å². The molecule has 0 aliphatic carbocycles. The molecular weight excluding hydrogens is 408 g/mol. The first-order valence-electron chi connectivity index (χ1n) is 9.47. The summed E-state index contributed by atoms with van der Waals surface area (Å²) in [6.45, 7) is 3.14. The van der Waals surface area contributed by atoms with Crippen molar-refractivity contribution in [3.05, 3.63) is 59.7 Å². The van der Waals surface area contributed by atoms with Crippen LogP contribution in [-0.2, 0) is 19.9 Å². The van der Waals surface area contributed by atoms with E-state index < -0.39 is 36.4 Å². The van der Waals surface area contributed by atoms with Crippen LogP contribution in [0.1, 0.15) is 43.1 Å². The van der Waals surface area contributed by atoms with Crippen LogP contribution in [0.25, 0.3) is 11.1 Å². The highest BCUT2D eigenvalue weighted by Crippen LogP contribution is 2.35. The Kier molecular flexibility index (Phi) is 6.13. The maximum atomic E-state index is 12.8. The number of rotatable bonds is 5. The lowest BCUT2D eigenvalue weighted by molar-refractivity contribution is 0.469. The Balaban J connectivity index is 1.93. The molecule has 2 aromatic rings. The van der Waals surface area contributed by atoms with Crippen molar-refractivity contribution in [2.45, 2.75) is 43.2 Å². The van der Waals surface area contributed by atoms with Crippen LogP contribution in [0.2, 0.25) is 0 Å². The number of sulfone groups is 1. The fourth-order valence-electron chi connectivity index (χ4n) is 3.54. The first-order valence-corrected chi connectivity index (χ1v) is 12.7. The van der Waals surface area contributed by atoms with Crippen molar-refractivity contribution in [1.82, 2.24) is 4.72 Å². The monoisotopic (exact) mass is 432 g/mol. The van der Waals surface area contributed by atoms with Crippen molar-refractivity contribution >= 4 is 19.9 Å². The van der Waals surface area contributed by atoms with Gasteiger partial charge in [-0.1, -0.05) is 36.4 Å². The molecule has 1 heterocycles. The number of nitrogens with one attached hydrogen (secondary N) is 1. The van der Waals surface area contributed by atoms with Crippen LogP contribution in [0.3, 0.4) is 0 Å². The highest BCUT2D eigenvalue weighted by atomic mass is 32.2. The maximum Gasteiger partial charge on any atom is 0.214 e. The normalized spacial score (nSPS) is 21.6. The molecule has 1 saturated heterocycles. The lowest BCUT2D eigenvalue weighted by Gasteiger charge is -2.32. The van der Waals surface area contributed by atoms with Gasteiger partial charge < -0.3 is 0 Å². The molecule has 0 bridgehead atoms. The molecule has 29 heavy (non-hydrogen) atoms. The molecule has 0 aromatic heterocycles. The van der Waals surface area contributed by atoms with E-state index in [0.717, 1.165) is 11.1 Å². The van der Waals surface area contributed by atoms with Gasteiger partial charge in [0, 0.05) is 6.04 Å². The molecule has 2 unspecified atom stereocenters. The zero-order valence-electron chi connectivity index (χ0n) is 16.4. The van der Waals surface area contributed by atoms with Crippen LogP contribution in [0.15, 0.2) is 48.5 Å². The second-order valence-electron chi connectivity index (χ2n) is 7.56. The molecule has 2 aromatic carbocycles. The molecule has 2 atom stereocenters. The van der Waals surface area contributed by atoms with Crippen LogP contribution in [-0.4, -0.2) is 33.9 Å². The second kappa shape index (κ2) is 8.27. The Bertz CT molecular complexity index is 1110. The molecule has 1 fully saturated rings. The largest absolute Gasteiger partial charge is 0.228 e. The van der Waals surface area contributed by atoms with Crippen molar-refractivity contribution in [2.24, 2.45) is 0 Å². The van der Waals surface area contributed by atoms with Gasteiger partial charge in [-0.25, -0.2) is 21.6 Å². The zero-order valence-corrected chi connectivity index (χ0v) is 18.0. The Morgan fingerprint density at radius 3 is 2.10 bits per heavy atom. The average molecular weight is 433 g/mol. The topological polar surface area (TPSA) is 104 Å². The maximum absolute atomic E-state index is 12.8. The number of nitrogens with zero attached hydrogens (tertiary/aromatic N) is 1. The highest BCUT2D eigenvalue weighted by molar-refractivity contribution is 7.92. The molecule has 154 valence electrons. The Hall–Kier alpha value is -2.21.